The molecular weight excluding hydrogens is 240 g/mol. The molecule has 5 nitrogen and oxygen atoms in total. The van der Waals surface area contributed by atoms with Gasteiger partial charge in [0, 0.05) is 11.8 Å². The van der Waals surface area contributed by atoms with Crippen LogP contribution in [0.15, 0.2) is 30.5 Å². The van der Waals surface area contributed by atoms with Crippen LogP contribution in [0.5, 0.6) is 0 Å². The minimum atomic E-state index is -0.214. The first kappa shape index (κ1) is 13.3. The maximum Gasteiger partial charge on any atom is 0.275 e. The number of nitrogens with one attached hydrogen (secondary N) is 1. The predicted octanol–water partition coefficient (Wildman–Crippen LogP) is 2.81. The first-order valence-electron chi connectivity index (χ1n) is 6.40. The fraction of sp³-hybridized carbons (Fsp3) is 0.357. The van der Waals surface area contributed by atoms with E-state index in [1.54, 1.807) is 18.3 Å². The van der Waals surface area contributed by atoms with Gasteiger partial charge in [-0.05, 0) is 32.4 Å². The summed E-state index contributed by atoms with van der Waals surface area (Å²) < 4.78 is 1.81. The Bertz CT molecular complexity index is 576. The van der Waals surface area contributed by atoms with Crippen LogP contribution in [0.3, 0.4) is 0 Å². The molecule has 0 saturated carbocycles. The van der Waals surface area contributed by atoms with Gasteiger partial charge in [-0.2, -0.15) is 5.10 Å². The fourth-order valence-corrected chi connectivity index (χ4v) is 1.79. The van der Waals surface area contributed by atoms with E-state index in [9.17, 15) is 4.79 Å². The summed E-state index contributed by atoms with van der Waals surface area (Å²) in [7, 11) is 0. The van der Waals surface area contributed by atoms with E-state index in [1.165, 1.54) is 0 Å². The Morgan fingerprint density at radius 1 is 1.42 bits per heavy atom. The lowest BCUT2D eigenvalue weighted by atomic mass is 10.2. The summed E-state index contributed by atoms with van der Waals surface area (Å²) >= 11 is 0. The topological polar surface area (TPSA) is 59.8 Å². The van der Waals surface area contributed by atoms with Crippen LogP contribution in [0.4, 0.5) is 5.82 Å². The Labute approximate surface area is 112 Å². The number of carbonyl (C=O) groups excluding carboxylic acids is 1. The molecule has 2 aromatic rings. The quantitative estimate of drug-likeness (QED) is 0.917. The Morgan fingerprint density at radius 2 is 2.21 bits per heavy atom. The van der Waals surface area contributed by atoms with Gasteiger partial charge >= 0.3 is 0 Å². The Hall–Kier alpha value is -2.17. The van der Waals surface area contributed by atoms with Gasteiger partial charge < -0.3 is 5.32 Å². The second-order valence-electron chi connectivity index (χ2n) is 4.54. The minimum absolute atomic E-state index is 0.214. The van der Waals surface area contributed by atoms with Crippen molar-refractivity contribution in [1.29, 1.82) is 0 Å². The molecule has 0 radical (unpaired) electrons. The number of aryl methyl sites for hydroxylation is 1. The van der Waals surface area contributed by atoms with Crippen molar-refractivity contribution in [3.05, 3.63) is 41.9 Å². The van der Waals surface area contributed by atoms with Gasteiger partial charge in [0.2, 0.25) is 0 Å². The van der Waals surface area contributed by atoms with E-state index >= 15 is 0 Å². The van der Waals surface area contributed by atoms with E-state index in [2.05, 4.69) is 29.2 Å². The van der Waals surface area contributed by atoms with Crippen LogP contribution in [0.1, 0.15) is 42.5 Å². The van der Waals surface area contributed by atoms with Crippen LogP contribution in [0.2, 0.25) is 0 Å². The van der Waals surface area contributed by atoms with E-state index in [-0.39, 0.29) is 11.9 Å². The van der Waals surface area contributed by atoms with Gasteiger partial charge in [0.25, 0.3) is 5.91 Å². The third kappa shape index (κ3) is 2.99. The second-order valence-corrected chi connectivity index (χ2v) is 4.54. The molecule has 1 N–H and O–H groups in total. The van der Waals surface area contributed by atoms with Crippen molar-refractivity contribution >= 4 is 11.7 Å². The molecular formula is C14H18N4O. The Kier molecular flexibility index (Phi) is 3.94. The van der Waals surface area contributed by atoms with E-state index in [0.29, 0.717) is 11.5 Å². The molecule has 5 heteroatoms. The zero-order chi connectivity index (χ0) is 13.8. The zero-order valence-corrected chi connectivity index (χ0v) is 11.4. The van der Waals surface area contributed by atoms with Crippen LogP contribution in [-0.4, -0.2) is 20.7 Å². The van der Waals surface area contributed by atoms with Crippen LogP contribution >= 0.6 is 0 Å². The normalized spacial score (nSPS) is 12.2. The maximum atomic E-state index is 12.1. The van der Waals surface area contributed by atoms with Gasteiger partial charge in [-0.15, -0.1) is 0 Å². The van der Waals surface area contributed by atoms with Gasteiger partial charge in [-0.3, -0.25) is 4.79 Å². The SMILES string of the molecule is CCC(C)n1nccc1NC(=O)c1cccc(C)n1. The van der Waals surface area contributed by atoms with Crippen LogP contribution in [0, 0.1) is 6.92 Å². The predicted molar refractivity (Wildman–Crippen MR) is 74.2 cm³/mol. The van der Waals surface area contributed by atoms with Gasteiger partial charge in [-0.1, -0.05) is 13.0 Å². The molecule has 0 saturated heterocycles. The van der Waals surface area contributed by atoms with Gasteiger partial charge in [0.1, 0.15) is 11.5 Å². The van der Waals surface area contributed by atoms with E-state index in [0.717, 1.165) is 12.1 Å². The van der Waals surface area contributed by atoms with Crippen molar-refractivity contribution in [2.75, 3.05) is 5.32 Å². The molecule has 2 aromatic heterocycles. The average molecular weight is 258 g/mol. The lowest BCUT2D eigenvalue weighted by molar-refractivity contribution is 0.102. The van der Waals surface area contributed by atoms with Crippen molar-refractivity contribution in [1.82, 2.24) is 14.8 Å². The Morgan fingerprint density at radius 3 is 2.89 bits per heavy atom. The van der Waals surface area contributed by atoms with Crippen molar-refractivity contribution in [2.24, 2.45) is 0 Å². The highest BCUT2D eigenvalue weighted by atomic mass is 16.2. The lowest BCUT2D eigenvalue weighted by Crippen LogP contribution is -2.18. The summed E-state index contributed by atoms with van der Waals surface area (Å²) in [5.74, 6) is 0.483. The van der Waals surface area contributed by atoms with E-state index in [4.69, 9.17) is 0 Å². The highest BCUT2D eigenvalue weighted by molar-refractivity contribution is 6.02. The molecule has 1 unspecified atom stereocenters. The number of nitrogens with zero attached hydrogens (tertiary/aromatic N) is 3. The molecule has 0 aromatic carbocycles. The van der Waals surface area contributed by atoms with Crippen LogP contribution in [0.25, 0.3) is 0 Å². The summed E-state index contributed by atoms with van der Waals surface area (Å²) in [6.45, 7) is 6.01. The third-order valence-electron chi connectivity index (χ3n) is 3.04. The highest BCUT2D eigenvalue weighted by Gasteiger charge is 2.13. The number of aromatic nitrogens is 3. The molecule has 19 heavy (non-hydrogen) atoms. The summed E-state index contributed by atoms with van der Waals surface area (Å²) in [5.41, 5.74) is 1.24. The number of hydrogen-bond acceptors (Lipinski definition) is 3. The molecule has 1 amide bonds. The molecule has 2 heterocycles. The molecule has 0 aliphatic rings. The molecule has 0 fully saturated rings. The zero-order valence-electron chi connectivity index (χ0n) is 11.4. The summed E-state index contributed by atoms with van der Waals surface area (Å²) in [6, 6.07) is 7.42. The van der Waals surface area contributed by atoms with Crippen molar-refractivity contribution in [3.8, 4) is 0 Å². The third-order valence-corrected chi connectivity index (χ3v) is 3.04. The van der Waals surface area contributed by atoms with Crippen LogP contribution < -0.4 is 5.32 Å². The largest absolute Gasteiger partial charge is 0.305 e. The van der Waals surface area contributed by atoms with E-state index < -0.39 is 0 Å². The number of carbonyl (C=O) groups is 1. The number of pyridine rings is 1. The highest BCUT2D eigenvalue weighted by Crippen LogP contribution is 2.16. The number of anilines is 1. The summed E-state index contributed by atoms with van der Waals surface area (Å²) in [5, 5.41) is 7.08. The standard InChI is InChI=1S/C14H18N4O/c1-4-11(3)18-13(8-9-15-18)17-14(19)12-7-5-6-10(2)16-12/h5-9,11H,4H2,1-3H3,(H,17,19). The average Bonchev–Trinajstić information content (AvgIpc) is 2.86. The fourth-order valence-electron chi connectivity index (χ4n) is 1.79. The van der Waals surface area contributed by atoms with E-state index in [1.807, 2.05) is 23.7 Å². The molecule has 0 bridgehead atoms. The molecule has 2 rings (SSSR count). The van der Waals surface area contributed by atoms with Crippen LogP contribution in [-0.2, 0) is 0 Å². The van der Waals surface area contributed by atoms with Gasteiger partial charge in [-0.25, -0.2) is 9.67 Å². The first-order valence-corrected chi connectivity index (χ1v) is 6.40. The molecule has 100 valence electrons. The van der Waals surface area contributed by atoms with Gasteiger partial charge in [0.05, 0.1) is 12.2 Å². The molecule has 0 spiro atoms. The molecule has 1 atom stereocenters. The smallest absolute Gasteiger partial charge is 0.275 e. The first-order chi connectivity index (χ1) is 9.11. The second kappa shape index (κ2) is 5.65. The number of rotatable bonds is 4. The molecule has 0 aliphatic carbocycles. The van der Waals surface area contributed by atoms with Gasteiger partial charge in [0.15, 0.2) is 0 Å². The minimum Gasteiger partial charge on any atom is -0.305 e. The summed E-state index contributed by atoms with van der Waals surface area (Å²) in [4.78, 5) is 16.3. The lowest BCUT2D eigenvalue weighted by Gasteiger charge is -2.14. The molecule has 0 aliphatic heterocycles. The number of hydrogen-bond donors (Lipinski definition) is 1. The maximum absolute atomic E-state index is 12.1. The Balaban J connectivity index is 2.18. The van der Waals surface area contributed by atoms with Crippen molar-refractivity contribution in [3.63, 3.8) is 0 Å². The monoisotopic (exact) mass is 258 g/mol. The van der Waals surface area contributed by atoms with Crippen molar-refractivity contribution < 1.29 is 4.79 Å². The van der Waals surface area contributed by atoms with Crippen molar-refractivity contribution in [2.45, 2.75) is 33.2 Å². The summed E-state index contributed by atoms with van der Waals surface area (Å²) in [6.07, 6.45) is 2.64. The number of amides is 1.